The lowest BCUT2D eigenvalue weighted by atomic mass is 10.2. The van der Waals surface area contributed by atoms with Crippen molar-refractivity contribution in [3.8, 4) is 0 Å². The number of hydrogen-bond acceptors (Lipinski definition) is 2. The van der Waals surface area contributed by atoms with E-state index in [1.165, 1.54) is 0 Å². The standard InChI is InChI=1S/C11H5BrClNO/c12-6-1-2-9-7(3-6)11-8(13)4-14-5-10(11)15-9/h1-5H. The molecule has 1 aromatic carbocycles. The van der Waals surface area contributed by atoms with Gasteiger partial charge in [0, 0.05) is 16.1 Å². The summed E-state index contributed by atoms with van der Waals surface area (Å²) in [5.41, 5.74) is 1.54. The SMILES string of the molecule is Clc1cncc2oc3ccc(Br)cc3c12. The van der Waals surface area contributed by atoms with Crippen molar-refractivity contribution in [2.45, 2.75) is 0 Å². The number of hydrogen-bond donors (Lipinski definition) is 0. The van der Waals surface area contributed by atoms with Crippen molar-refractivity contribution >= 4 is 49.5 Å². The zero-order valence-corrected chi connectivity index (χ0v) is 9.84. The first-order chi connectivity index (χ1) is 7.25. The van der Waals surface area contributed by atoms with Gasteiger partial charge in [0.05, 0.1) is 16.6 Å². The van der Waals surface area contributed by atoms with Gasteiger partial charge in [-0.2, -0.15) is 0 Å². The van der Waals surface area contributed by atoms with Crippen LogP contribution in [0.1, 0.15) is 0 Å². The first-order valence-electron chi connectivity index (χ1n) is 4.37. The van der Waals surface area contributed by atoms with Crippen LogP contribution in [0, 0.1) is 0 Å². The summed E-state index contributed by atoms with van der Waals surface area (Å²) >= 11 is 9.52. The van der Waals surface area contributed by atoms with Gasteiger partial charge in [0.2, 0.25) is 0 Å². The van der Waals surface area contributed by atoms with Gasteiger partial charge in [-0.25, -0.2) is 0 Å². The van der Waals surface area contributed by atoms with E-state index in [0.717, 1.165) is 26.4 Å². The molecule has 0 spiro atoms. The van der Waals surface area contributed by atoms with Crippen molar-refractivity contribution in [1.29, 1.82) is 0 Å². The Bertz CT molecular complexity index is 662. The third kappa shape index (κ3) is 1.34. The molecule has 2 nitrogen and oxygen atoms in total. The average molecular weight is 283 g/mol. The van der Waals surface area contributed by atoms with E-state index < -0.39 is 0 Å². The van der Waals surface area contributed by atoms with Crippen molar-refractivity contribution < 1.29 is 4.42 Å². The van der Waals surface area contributed by atoms with Crippen LogP contribution in [0.15, 0.2) is 39.5 Å². The monoisotopic (exact) mass is 281 g/mol. The molecule has 0 aliphatic rings. The summed E-state index contributed by atoms with van der Waals surface area (Å²) in [6.45, 7) is 0. The third-order valence-electron chi connectivity index (χ3n) is 2.30. The summed E-state index contributed by atoms with van der Waals surface area (Å²) in [7, 11) is 0. The normalized spacial score (nSPS) is 11.3. The molecule has 0 aliphatic heterocycles. The molecule has 0 unspecified atom stereocenters. The minimum Gasteiger partial charge on any atom is -0.454 e. The maximum absolute atomic E-state index is 6.09. The van der Waals surface area contributed by atoms with E-state index in [1.807, 2.05) is 18.2 Å². The molecular formula is C11H5BrClNO. The average Bonchev–Trinajstić information content (AvgIpc) is 2.57. The number of halogens is 2. The van der Waals surface area contributed by atoms with Gasteiger partial charge in [-0.15, -0.1) is 0 Å². The predicted octanol–water partition coefficient (Wildman–Crippen LogP) is 4.40. The summed E-state index contributed by atoms with van der Waals surface area (Å²) in [5.74, 6) is 0. The van der Waals surface area contributed by atoms with Crippen LogP contribution < -0.4 is 0 Å². The highest BCUT2D eigenvalue weighted by Crippen LogP contribution is 2.34. The third-order valence-corrected chi connectivity index (χ3v) is 3.08. The second kappa shape index (κ2) is 3.22. The lowest BCUT2D eigenvalue weighted by molar-refractivity contribution is 0.667. The Labute approximate surface area is 99.0 Å². The van der Waals surface area contributed by atoms with Gasteiger partial charge >= 0.3 is 0 Å². The fourth-order valence-electron chi connectivity index (χ4n) is 1.66. The fraction of sp³-hybridized carbons (Fsp3) is 0. The van der Waals surface area contributed by atoms with Gasteiger partial charge in [-0.05, 0) is 18.2 Å². The number of nitrogens with zero attached hydrogens (tertiary/aromatic N) is 1. The molecule has 0 aliphatic carbocycles. The molecule has 3 aromatic rings. The smallest absolute Gasteiger partial charge is 0.155 e. The number of fused-ring (bicyclic) bond motifs is 3. The number of rotatable bonds is 0. The zero-order chi connectivity index (χ0) is 10.4. The number of benzene rings is 1. The van der Waals surface area contributed by atoms with E-state index in [2.05, 4.69) is 20.9 Å². The van der Waals surface area contributed by atoms with Crippen LogP contribution in [-0.2, 0) is 0 Å². The van der Waals surface area contributed by atoms with Gasteiger partial charge < -0.3 is 4.42 Å². The highest BCUT2D eigenvalue weighted by atomic mass is 79.9. The molecule has 0 N–H and O–H groups in total. The highest BCUT2D eigenvalue weighted by molar-refractivity contribution is 9.10. The molecule has 0 fully saturated rings. The number of furan rings is 1. The second-order valence-electron chi connectivity index (χ2n) is 3.24. The maximum Gasteiger partial charge on any atom is 0.155 e. The molecule has 2 aromatic heterocycles. The first-order valence-corrected chi connectivity index (χ1v) is 5.54. The molecule has 0 atom stereocenters. The predicted molar refractivity (Wildman–Crippen MR) is 64.2 cm³/mol. The van der Waals surface area contributed by atoms with Gasteiger partial charge in [0.1, 0.15) is 5.58 Å². The van der Waals surface area contributed by atoms with Crippen LogP contribution in [0.25, 0.3) is 21.9 Å². The highest BCUT2D eigenvalue weighted by Gasteiger charge is 2.10. The Morgan fingerprint density at radius 2 is 2.07 bits per heavy atom. The summed E-state index contributed by atoms with van der Waals surface area (Å²) in [6, 6.07) is 5.84. The summed E-state index contributed by atoms with van der Waals surface area (Å²) in [5, 5.41) is 2.54. The van der Waals surface area contributed by atoms with Crippen LogP contribution in [0.3, 0.4) is 0 Å². The van der Waals surface area contributed by atoms with E-state index in [1.54, 1.807) is 12.4 Å². The van der Waals surface area contributed by atoms with Gasteiger partial charge in [-0.3, -0.25) is 4.98 Å². The molecule has 0 radical (unpaired) electrons. The van der Waals surface area contributed by atoms with Crippen molar-refractivity contribution in [2.75, 3.05) is 0 Å². The van der Waals surface area contributed by atoms with E-state index in [0.29, 0.717) is 5.02 Å². The van der Waals surface area contributed by atoms with Crippen molar-refractivity contribution in [2.24, 2.45) is 0 Å². The minimum atomic E-state index is 0.615. The summed E-state index contributed by atoms with van der Waals surface area (Å²) < 4.78 is 6.63. The van der Waals surface area contributed by atoms with Crippen molar-refractivity contribution in [1.82, 2.24) is 4.98 Å². The van der Waals surface area contributed by atoms with E-state index in [4.69, 9.17) is 16.0 Å². The largest absolute Gasteiger partial charge is 0.454 e. The summed E-state index contributed by atoms with van der Waals surface area (Å²) in [6.07, 6.45) is 3.30. The molecule has 0 amide bonds. The number of aromatic nitrogens is 1. The van der Waals surface area contributed by atoms with Gasteiger partial charge in [0.25, 0.3) is 0 Å². The Balaban J connectivity index is 2.61. The molecule has 0 saturated carbocycles. The van der Waals surface area contributed by atoms with Gasteiger partial charge in [0.15, 0.2) is 5.58 Å². The quantitative estimate of drug-likeness (QED) is 0.611. The van der Waals surface area contributed by atoms with Crippen molar-refractivity contribution in [3.63, 3.8) is 0 Å². The van der Waals surface area contributed by atoms with Crippen LogP contribution in [-0.4, -0.2) is 4.98 Å². The van der Waals surface area contributed by atoms with Gasteiger partial charge in [-0.1, -0.05) is 27.5 Å². The lowest BCUT2D eigenvalue weighted by Gasteiger charge is -1.92. The van der Waals surface area contributed by atoms with E-state index >= 15 is 0 Å². The minimum absolute atomic E-state index is 0.615. The maximum atomic E-state index is 6.09. The lowest BCUT2D eigenvalue weighted by Crippen LogP contribution is -1.72. The first kappa shape index (κ1) is 9.19. The fourth-order valence-corrected chi connectivity index (χ4v) is 2.27. The molecule has 2 heterocycles. The van der Waals surface area contributed by atoms with Crippen LogP contribution in [0.4, 0.5) is 0 Å². The molecule has 74 valence electrons. The summed E-state index contributed by atoms with van der Waals surface area (Å²) in [4.78, 5) is 3.99. The number of pyridine rings is 1. The molecule has 0 saturated heterocycles. The van der Waals surface area contributed by atoms with E-state index in [-0.39, 0.29) is 0 Å². The topological polar surface area (TPSA) is 26.0 Å². The van der Waals surface area contributed by atoms with Crippen LogP contribution in [0.5, 0.6) is 0 Å². The van der Waals surface area contributed by atoms with Crippen LogP contribution in [0.2, 0.25) is 5.02 Å². The second-order valence-corrected chi connectivity index (χ2v) is 4.56. The molecular weight excluding hydrogens is 277 g/mol. The molecule has 0 bridgehead atoms. The van der Waals surface area contributed by atoms with E-state index in [9.17, 15) is 0 Å². The molecule has 3 rings (SSSR count). The van der Waals surface area contributed by atoms with Crippen LogP contribution >= 0.6 is 27.5 Å². The zero-order valence-electron chi connectivity index (χ0n) is 7.50. The molecule has 15 heavy (non-hydrogen) atoms. The Morgan fingerprint density at radius 3 is 2.93 bits per heavy atom. The Hall–Kier alpha value is -1.06. The van der Waals surface area contributed by atoms with Crippen molar-refractivity contribution in [3.05, 3.63) is 40.1 Å². The Kier molecular flexibility index (Phi) is 1.97. The molecule has 4 heteroatoms. The Morgan fingerprint density at radius 1 is 1.20 bits per heavy atom.